The van der Waals surface area contributed by atoms with Gasteiger partial charge in [0.1, 0.15) is 23.4 Å². The van der Waals surface area contributed by atoms with Crippen molar-refractivity contribution in [3.8, 4) is 5.75 Å². The Hall–Kier alpha value is -4.17. The zero-order valence-electron chi connectivity index (χ0n) is 17.8. The number of carbonyl (C=O) groups is 2. The smallest absolute Gasteiger partial charge is 0.302 e. The fourth-order valence-electron chi connectivity index (χ4n) is 4.06. The van der Waals surface area contributed by atoms with Crippen LogP contribution in [0.4, 0.5) is 10.3 Å². The topological polar surface area (TPSA) is 95.5 Å². The molecule has 9 heteroatoms. The molecule has 1 aliphatic heterocycles. The Kier molecular flexibility index (Phi) is 5.30. The first-order chi connectivity index (χ1) is 16.4. The van der Waals surface area contributed by atoms with Crippen molar-refractivity contribution in [3.05, 3.63) is 94.3 Å². The molecular formula is C25H17ClFN3O4. The highest BCUT2D eigenvalue weighted by molar-refractivity contribution is 6.51. The lowest BCUT2D eigenvalue weighted by atomic mass is 9.95. The summed E-state index contributed by atoms with van der Waals surface area (Å²) >= 11 is 6.20. The van der Waals surface area contributed by atoms with E-state index in [0.29, 0.717) is 16.8 Å². The van der Waals surface area contributed by atoms with Gasteiger partial charge in [0.05, 0.1) is 28.7 Å². The van der Waals surface area contributed by atoms with Crippen LogP contribution >= 0.6 is 11.6 Å². The highest BCUT2D eigenvalue weighted by Crippen LogP contribution is 2.43. The van der Waals surface area contributed by atoms with Crippen LogP contribution in [0.15, 0.2) is 72.3 Å². The van der Waals surface area contributed by atoms with Crippen LogP contribution in [-0.2, 0) is 9.59 Å². The van der Waals surface area contributed by atoms with Gasteiger partial charge in [-0.2, -0.15) is 0 Å². The number of Topliss-reactive ketones (excluding diaryl/α,β-unsaturated/α-hetero) is 1. The summed E-state index contributed by atoms with van der Waals surface area (Å²) in [5, 5.41) is 11.3. The number of halogens is 2. The van der Waals surface area contributed by atoms with Gasteiger partial charge in [-0.05, 0) is 36.4 Å². The van der Waals surface area contributed by atoms with E-state index in [4.69, 9.17) is 16.3 Å². The van der Waals surface area contributed by atoms with Crippen LogP contribution < -0.4 is 9.64 Å². The Morgan fingerprint density at radius 2 is 1.85 bits per heavy atom. The fourth-order valence-corrected chi connectivity index (χ4v) is 4.32. The molecule has 7 nitrogen and oxygen atoms in total. The molecule has 2 heterocycles. The number of rotatable bonds is 4. The number of aliphatic hydroxyl groups is 1. The number of aromatic nitrogens is 2. The van der Waals surface area contributed by atoms with Gasteiger partial charge in [0.15, 0.2) is 0 Å². The number of aromatic amines is 1. The zero-order valence-corrected chi connectivity index (χ0v) is 18.5. The van der Waals surface area contributed by atoms with Crippen LogP contribution in [0.5, 0.6) is 5.75 Å². The largest absolute Gasteiger partial charge is 0.507 e. The Morgan fingerprint density at radius 1 is 1.12 bits per heavy atom. The highest BCUT2D eigenvalue weighted by atomic mass is 35.5. The van der Waals surface area contributed by atoms with E-state index in [2.05, 4.69) is 9.97 Å². The average molecular weight is 478 g/mol. The van der Waals surface area contributed by atoms with Crippen LogP contribution in [0.1, 0.15) is 17.2 Å². The van der Waals surface area contributed by atoms with E-state index in [1.165, 1.54) is 43.5 Å². The number of ether oxygens (including phenoxy) is 1. The number of methoxy groups -OCH3 is 1. The monoisotopic (exact) mass is 477 g/mol. The number of benzene rings is 3. The summed E-state index contributed by atoms with van der Waals surface area (Å²) in [4.78, 5) is 34.9. The Balaban J connectivity index is 1.74. The van der Waals surface area contributed by atoms with Gasteiger partial charge in [0.2, 0.25) is 5.95 Å². The van der Waals surface area contributed by atoms with Gasteiger partial charge in [-0.3, -0.25) is 14.5 Å². The third-order valence-electron chi connectivity index (χ3n) is 5.67. The molecule has 1 aromatic heterocycles. The molecule has 2 N–H and O–H groups in total. The van der Waals surface area contributed by atoms with Crippen molar-refractivity contribution in [2.75, 3.05) is 12.0 Å². The SMILES string of the molecule is COc1ccc(/C(O)=C2\C(=O)C(=O)N(c3nc4ccccc4[nH]3)C2c2ccccc2F)cc1Cl. The molecule has 1 atom stereocenters. The lowest BCUT2D eigenvalue weighted by Gasteiger charge is -2.23. The van der Waals surface area contributed by atoms with Crippen LogP contribution in [0.2, 0.25) is 5.02 Å². The number of carbonyl (C=O) groups excluding carboxylic acids is 2. The van der Waals surface area contributed by atoms with Crippen LogP contribution in [-0.4, -0.2) is 33.9 Å². The van der Waals surface area contributed by atoms with Crippen molar-refractivity contribution < 1.29 is 23.8 Å². The predicted molar refractivity (Wildman–Crippen MR) is 125 cm³/mol. The molecule has 3 aromatic carbocycles. The highest BCUT2D eigenvalue weighted by Gasteiger charge is 2.49. The third kappa shape index (κ3) is 3.39. The molecular weight excluding hydrogens is 461 g/mol. The van der Waals surface area contributed by atoms with Gasteiger partial charge in [-0.25, -0.2) is 9.37 Å². The van der Waals surface area contributed by atoms with Crippen molar-refractivity contribution in [1.82, 2.24) is 9.97 Å². The average Bonchev–Trinajstić information content (AvgIpc) is 3.37. The molecule has 5 rings (SSSR count). The van der Waals surface area contributed by atoms with Crippen LogP contribution in [0, 0.1) is 5.82 Å². The number of ketones is 1. The molecule has 0 radical (unpaired) electrons. The maximum Gasteiger partial charge on any atom is 0.302 e. The summed E-state index contributed by atoms with van der Waals surface area (Å²) in [5.74, 6) is -2.63. The molecule has 1 fully saturated rings. The number of hydrogen-bond acceptors (Lipinski definition) is 5. The molecule has 170 valence electrons. The lowest BCUT2D eigenvalue weighted by Crippen LogP contribution is -2.30. The molecule has 0 aliphatic carbocycles. The molecule has 0 saturated carbocycles. The lowest BCUT2D eigenvalue weighted by molar-refractivity contribution is -0.132. The molecule has 1 aliphatic rings. The minimum atomic E-state index is -1.26. The maximum absolute atomic E-state index is 15.0. The van der Waals surface area contributed by atoms with E-state index in [1.807, 2.05) is 0 Å². The second-order valence-electron chi connectivity index (χ2n) is 7.62. The summed E-state index contributed by atoms with van der Waals surface area (Å²) < 4.78 is 20.1. The minimum Gasteiger partial charge on any atom is -0.507 e. The molecule has 1 amide bonds. The number of hydrogen-bond donors (Lipinski definition) is 2. The summed E-state index contributed by atoms with van der Waals surface area (Å²) in [6.45, 7) is 0. The number of fused-ring (bicyclic) bond motifs is 1. The van der Waals surface area contributed by atoms with E-state index in [0.717, 1.165) is 4.90 Å². The number of para-hydroxylation sites is 2. The van der Waals surface area contributed by atoms with Crippen molar-refractivity contribution in [1.29, 1.82) is 0 Å². The Morgan fingerprint density at radius 3 is 2.56 bits per heavy atom. The Bertz CT molecular complexity index is 1460. The van der Waals surface area contributed by atoms with Gasteiger partial charge in [-0.15, -0.1) is 0 Å². The molecule has 0 bridgehead atoms. The van der Waals surface area contributed by atoms with E-state index in [9.17, 15) is 19.1 Å². The minimum absolute atomic E-state index is 0.0308. The Labute approximate surface area is 198 Å². The zero-order chi connectivity index (χ0) is 24.0. The molecule has 4 aromatic rings. The number of amides is 1. The first kappa shape index (κ1) is 21.7. The maximum atomic E-state index is 15.0. The number of nitrogens with zero attached hydrogens (tertiary/aromatic N) is 2. The quantitative estimate of drug-likeness (QED) is 0.245. The van der Waals surface area contributed by atoms with E-state index >= 15 is 0 Å². The standard InChI is InChI=1S/C25H17ClFN3O4/c1-34-19-11-10-13(12-15(19)26)22(31)20-21(14-6-2-3-7-16(14)27)30(24(33)23(20)32)25-28-17-8-4-5-9-18(17)29-25/h2-12,21,31H,1H3,(H,28,29)/b22-20+. The summed E-state index contributed by atoms with van der Waals surface area (Å²) in [7, 11) is 1.44. The predicted octanol–water partition coefficient (Wildman–Crippen LogP) is 4.99. The number of imidazole rings is 1. The summed E-state index contributed by atoms with van der Waals surface area (Å²) in [6.07, 6.45) is 0. The van der Waals surface area contributed by atoms with E-state index in [1.54, 1.807) is 30.3 Å². The van der Waals surface area contributed by atoms with Gasteiger partial charge in [0, 0.05) is 11.1 Å². The van der Waals surface area contributed by atoms with Gasteiger partial charge < -0.3 is 14.8 Å². The normalized spacial score (nSPS) is 17.5. The third-order valence-corrected chi connectivity index (χ3v) is 5.97. The van der Waals surface area contributed by atoms with Crippen molar-refractivity contribution in [2.45, 2.75) is 6.04 Å². The van der Waals surface area contributed by atoms with Crippen LogP contribution in [0.3, 0.4) is 0 Å². The number of H-pyrrole nitrogens is 1. The van der Waals surface area contributed by atoms with E-state index < -0.39 is 29.3 Å². The van der Waals surface area contributed by atoms with Crippen molar-refractivity contribution in [2.24, 2.45) is 0 Å². The fraction of sp³-hybridized carbons (Fsp3) is 0.0800. The van der Waals surface area contributed by atoms with Gasteiger partial charge >= 0.3 is 5.91 Å². The molecule has 0 spiro atoms. The van der Waals surface area contributed by atoms with Crippen molar-refractivity contribution in [3.63, 3.8) is 0 Å². The number of anilines is 1. The number of aliphatic hydroxyl groups excluding tert-OH is 1. The van der Waals surface area contributed by atoms with Crippen LogP contribution in [0.25, 0.3) is 16.8 Å². The van der Waals surface area contributed by atoms with Crippen molar-refractivity contribution >= 4 is 46.0 Å². The molecule has 1 unspecified atom stereocenters. The van der Waals surface area contributed by atoms with Gasteiger partial charge in [-0.1, -0.05) is 41.9 Å². The molecule has 34 heavy (non-hydrogen) atoms. The first-order valence-corrected chi connectivity index (χ1v) is 10.6. The first-order valence-electron chi connectivity index (χ1n) is 10.2. The van der Waals surface area contributed by atoms with E-state index in [-0.39, 0.29) is 27.7 Å². The van der Waals surface area contributed by atoms with Gasteiger partial charge in [0.25, 0.3) is 5.78 Å². The second-order valence-corrected chi connectivity index (χ2v) is 8.02. The molecule has 1 saturated heterocycles. The second kappa shape index (κ2) is 8.31. The summed E-state index contributed by atoms with van der Waals surface area (Å²) in [6, 6.07) is 16.0. The summed E-state index contributed by atoms with van der Waals surface area (Å²) in [5.41, 5.74) is 1.12. The number of nitrogens with one attached hydrogen (secondary N) is 1.